The predicted octanol–water partition coefficient (Wildman–Crippen LogP) is 5.30. The van der Waals surface area contributed by atoms with Gasteiger partial charge in [0.05, 0.1) is 5.56 Å². The molecule has 0 N–H and O–H groups in total. The monoisotopic (exact) mass is 524 g/mol. The Kier molecular flexibility index (Phi) is 6.31. The molecule has 4 aliphatic rings. The average Bonchev–Trinajstić information content (AvgIpc) is 3.16. The first kappa shape index (κ1) is 26.9. The van der Waals surface area contributed by atoms with Gasteiger partial charge in [0.15, 0.2) is 0 Å². The van der Waals surface area contributed by atoms with Gasteiger partial charge in [-0.15, -0.1) is 0 Å². The molecular formula is C31H40O7. The van der Waals surface area contributed by atoms with Crippen LogP contribution < -0.4 is 0 Å². The number of ketones is 1. The normalized spacial score (nSPS) is 40.9. The average molecular weight is 525 g/mol. The minimum absolute atomic E-state index is 0.169. The summed E-state index contributed by atoms with van der Waals surface area (Å²) in [7, 11) is 0. The van der Waals surface area contributed by atoms with E-state index in [1.807, 2.05) is 6.07 Å². The number of benzene rings is 1. The number of carbonyl (C=O) groups excluding carboxylic acids is 4. The van der Waals surface area contributed by atoms with Crippen LogP contribution >= 0.6 is 0 Å². The third-order valence-corrected chi connectivity index (χ3v) is 10.8. The van der Waals surface area contributed by atoms with E-state index in [-0.39, 0.29) is 35.4 Å². The Bertz CT molecular complexity index is 1160. The van der Waals surface area contributed by atoms with Crippen LogP contribution in [0.4, 0.5) is 0 Å². The number of esters is 3. The van der Waals surface area contributed by atoms with E-state index in [0.29, 0.717) is 18.4 Å². The summed E-state index contributed by atoms with van der Waals surface area (Å²) in [5.74, 6) is -1.72. The molecule has 1 aromatic rings. The van der Waals surface area contributed by atoms with Crippen molar-refractivity contribution in [1.29, 1.82) is 0 Å². The van der Waals surface area contributed by atoms with Crippen LogP contribution in [0.1, 0.15) is 90.4 Å². The zero-order chi connectivity index (χ0) is 27.7. The second kappa shape index (κ2) is 8.92. The van der Waals surface area contributed by atoms with Gasteiger partial charge < -0.3 is 14.2 Å². The molecule has 0 amide bonds. The zero-order valence-corrected chi connectivity index (χ0v) is 23.4. The quantitative estimate of drug-likeness (QED) is 0.390. The molecule has 0 heterocycles. The summed E-state index contributed by atoms with van der Waals surface area (Å²) < 4.78 is 18.5. The van der Waals surface area contributed by atoms with E-state index in [1.54, 1.807) is 24.3 Å². The number of Topliss-reactive ketones (excluding diaryl/α,β-unsaturated/α-hetero) is 1. The molecule has 1 spiro atoms. The molecule has 0 radical (unpaired) electrons. The van der Waals surface area contributed by atoms with Crippen LogP contribution in [0.3, 0.4) is 0 Å². The smallest absolute Gasteiger partial charge is 0.338 e. The van der Waals surface area contributed by atoms with Gasteiger partial charge in [-0.05, 0) is 55.1 Å². The lowest BCUT2D eigenvalue weighted by molar-refractivity contribution is -0.289. The van der Waals surface area contributed by atoms with E-state index >= 15 is 0 Å². The van der Waals surface area contributed by atoms with Gasteiger partial charge in [0.2, 0.25) is 0 Å². The first-order valence-electron chi connectivity index (χ1n) is 13.9. The van der Waals surface area contributed by atoms with Crippen LogP contribution in [0.2, 0.25) is 0 Å². The summed E-state index contributed by atoms with van der Waals surface area (Å²) in [6.07, 6.45) is 1.93. The van der Waals surface area contributed by atoms with Gasteiger partial charge in [-0.2, -0.15) is 0 Å². The molecule has 4 aliphatic carbocycles. The van der Waals surface area contributed by atoms with Gasteiger partial charge >= 0.3 is 17.9 Å². The highest BCUT2D eigenvalue weighted by atomic mass is 16.6. The van der Waals surface area contributed by atoms with Crippen molar-refractivity contribution in [3.63, 3.8) is 0 Å². The first-order valence-corrected chi connectivity index (χ1v) is 13.9. The second-order valence-corrected chi connectivity index (χ2v) is 13.3. The van der Waals surface area contributed by atoms with E-state index in [0.717, 1.165) is 19.3 Å². The standard InChI is InChI=1S/C31H40O7/c1-18(32)36-23-12-13-28(3,4)26-25(38-27(35)20-10-8-7-9-11-20)24(37-19(2)33)21-16-22(34)29(5)14-15-31(21,17-29)30(23,26)6/h7-11,21,23-26H,12-17H2,1-6H3/t21-,23+,24+,25+,26-,29+,30-,31+/m1/s1. The highest BCUT2D eigenvalue weighted by Gasteiger charge is 2.77. The topological polar surface area (TPSA) is 96.0 Å². The van der Waals surface area contributed by atoms with Crippen molar-refractivity contribution >= 4 is 23.7 Å². The SMILES string of the molecule is CC(=O)O[C@@H]1[C@H](OC(=O)c2ccccc2)[C@@H]2C(C)(C)CC[C@H](OC(C)=O)[C@@]2(C)[C@@]23CC[C@@](C)(C2)C(=O)C[C@H]13. The molecule has 206 valence electrons. The molecule has 5 rings (SSSR count). The summed E-state index contributed by atoms with van der Waals surface area (Å²) in [5, 5.41) is 0. The maximum Gasteiger partial charge on any atom is 0.338 e. The maximum absolute atomic E-state index is 13.5. The summed E-state index contributed by atoms with van der Waals surface area (Å²) in [4.78, 5) is 52.0. The lowest BCUT2D eigenvalue weighted by Crippen LogP contribution is -2.73. The van der Waals surface area contributed by atoms with E-state index in [2.05, 4.69) is 27.7 Å². The molecule has 4 saturated carbocycles. The van der Waals surface area contributed by atoms with Crippen LogP contribution in [0, 0.1) is 33.5 Å². The molecule has 0 aromatic heterocycles. The number of hydrogen-bond donors (Lipinski definition) is 0. The van der Waals surface area contributed by atoms with Crippen molar-refractivity contribution < 1.29 is 33.4 Å². The molecule has 7 nitrogen and oxygen atoms in total. The van der Waals surface area contributed by atoms with Crippen LogP contribution in [0.5, 0.6) is 0 Å². The molecule has 8 atom stereocenters. The van der Waals surface area contributed by atoms with Gasteiger partial charge in [0.1, 0.15) is 24.1 Å². The zero-order valence-electron chi connectivity index (χ0n) is 23.4. The van der Waals surface area contributed by atoms with Crippen molar-refractivity contribution in [2.75, 3.05) is 0 Å². The van der Waals surface area contributed by atoms with Gasteiger partial charge in [-0.25, -0.2) is 4.79 Å². The van der Waals surface area contributed by atoms with Crippen LogP contribution in [-0.2, 0) is 28.6 Å². The highest BCUT2D eigenvalue weighted by Crippen LogP contribution is 2.76. The first-order chi connectivity index (χ1) is 17.7. The fraction of sp³-hybridized carbons (Fsp3) is 0.677. The number of ether oxygens (including phenoxy) is 3. The Balaban J connectivity index is 1.71. The number of carbonyl (C=O) groups is 4. The largest absolute Gasteiger partial charge is 0.462 e. The fourth-order valence-electron chi connectivity index (χ4n) is 9.29. The van der Waals surface area contributed by atoms with Crippen molar-refractivity contribution in [2.45, 2.75) is 98.4 Å². The molecule has 7 heteroatoms. The molecule has 0 aliphatic heterocycles. The molecular weight excluding hydrogens is 484 g/mol. The van der Waals surface area contributed by atoms with E-state index in [9.17, 15) is 19.2 Å². The lowest BCUT2D eigenvalue weighted by atomic mass is 9.36. The summed E-state index contributed by atoms with van der Waals surface area (Å²) >= 11 is 0. The van der Waals surface area contributed by atoms with Crippen molar-refractivity contribution in [3.05, 3.63) is 35.9 Å². The Morgan fingerprint density at radius 1 is 0.842 bits per heavy atom. The van der Waals surface area contributed by atoms with Gasteiger partial charge in [0, 0.05) is 42.9 Å². The Hall–Kier alpha value is -2.70. The lowest BCUT2D eigenvalue weighted by Gasteiger charge is -2.70. The number of rotatable bonds is 4. The molecule has 38 heavy (non-hydrogen) atoms. The summed E-state index contributed by atoms with van der Waals surface area (Å²) in [6.45, 7) is 11.4. The summed E-state index contributed by atoms with van der Waals surface area (Å²) in [6, 6.07) is 8.79. The summed E-state index contributed by atoms with van der Waals surface area (Å²) in [5.41, 5.74) is -1.36. The van der Waals surface area contributed by atoms with E-state index in [4.69, 9.17) is 14.2 Å². The number of hydrogen-bond acceptors (Lipinski definition) is 7. The fourth-order valence-corrected chi connectivity index (χ4v) is 9.29. The molecule has 0 saturated heterocycles. The van der Waals surface area contributed by atoms with Gasteiger partial charge in [-0.1, -0.05) is 45.9 Å². The third kappa shape index (κ3) is 3.83. The van der Waals surface area contributed by atoms with Gasteiger partial charge in [-0.3, -0.25) is 14.4 Å². The van der Waals surface area contributed by atoms with Crippen molar-refractivity contribution in [2.24, 2.45) is 33.5 Å². The van der Waals surface area contributed by atoms with Crippen LogP contribution in [0.15, 0.2) is 30.3 Å². The highest BCUT2D eigenvalue weighted by molar-refractivity contribution is 5.89. The molecule has 1 aromatic carbocycles. The minimum atomic E-state index is -0.793. The Morgan fingerprint density at radius 3 is 2.13 bits per heavy atom. The Labute approximate surface area is 225 Å². The predicted molar refractivity (Wildman–Crippen MR) is 139 cm³/mol. The Morgan fingerprint density at radius 2 is 1.50 bits per heavy atom. The minimum Gasteiger partial charge on any atom is -0.462 e. The van der Waals surface area contributed by atoms with Crippen molar-refractivity contribution in [3.8, 4) is 0 Å². The molecule has 0 unspecified atom stereocenters. The van der Waals surface area contributed by atoms with Gasteiger partial charge in [0.25, 0.3) is 0 Å². The number of fused-ring (bicyclic) bond motifs is 2. The van der Waals surface area contributed by atoms with Crippen LogP contribution in [-0.4, -0.2) is 42.0 Å². The van der Waals surface area contributed by atoms with Crippen molar-refractivity contribution in [1.82, 2.24) is 0 Å². The second-order valence-electron chi connectivity index (χ2n) is 13.3. The van der Waals surface area contributed by atoms with E-state index < -0.39 is 46.5 Å². The maximum atomic E-state index is 13.5. The molecule has 4 fully saturated rings. The third-order valence-electron chi connectivity index (χ3n) is 10.8. The molecule has 2 bridgehead atoms. The van der Waals surface area contributed by atoms with E-state index in [1.165, 1.54) is 13.8 Å². The van der Waals surface area contributed by atoms with Crippen LogP contribution in [0.25, 0.3) is 0 Å².